The van der Waals surface area contributed by atoms with E-state index in [2.05, 4.69) is 15.5 Å². The van der Waals surface area contributed by atoms with Crippen LogP contribution in [0, 0.1) is 0 Å². The normalized spacial score (nSPS) is 10.6. The van der Waals surface area contributed by atoms with E-state index in [1.807, 2.05) is 24.6 Å². The van der Waals surface area contributed by atoms with Crippen molar-refractivity contribution in [2.45, 2.75) is 6.42 Å². The molecule has 0 saturated carbocycles. The van der Waals surface area contributed by atoms with Gasteiger partial charge in [-0.2, -0.15) is 4.98 Å². The van der Waals surface area contributed by atoms with E-state index in [-0.39, 0.29) is 0 Å². The van der Waals surface area contributed by atoms with E-state index >= 15 is 0 Å². The number of thiophene rings is 1. The fraction of sp³-hybridized carbons (Fsp3) is 0.333. The molecule has 14 heavy (non-hydrogen) atoms. The molecule has 0 saturated heterocycles. The highest BCUT2D eigenvalue weighted by molar-refractivity contribution is 7.13. The fourth-order valence-corrected chi connectivity index (χ4v) is 1.74. The number of likely N-dealkylation sites (N-methyl/N-ethyl adjacent to an activating group) is 1. The Morgan fingerprint density at radius 3 is 3.21 bits per heavy atom. The average molecular weight is 209 g/mol. The van der Waals surface area contributed by atoms with Gasteiger partial charge < -0.3 is 9.84 Å². The lowest BCUT2D eigenvalue weighted by Gasteiger charge is -1.90. The molecule has 0 bridgehead atoms. The molecule has 4 nitrogen and oxygen atoms in total. The molecule has 0 aliphatic heterocycles. The predicted octanol–water partition coefficient (Wildman–Crippen LogP) is 1.56. The molecule has 0 spiro atoms. The van der Waals surface area contributed by atoms with Crippen LogP contribution < -0.4 is 5.32 Å². The summed E-state index contributed by atoms with van der Waals surface area (Å²) in [6, 6.07) is 3.94. The summed E-state index contributed by atoms with van der Waals surface area (Å²) >= 11 is 1.60. The van der Waals surface area contributed by atoms with Gasteiger partial charge in [-0.25, -0.2) is 0 Å². The van der Waals surface area contributed by atoms with Gasteiger partial charge in [-0.1, -0.05) is 11.2 Å². The van der Waals surface area contributed by atoms with Crippen LogP contribution in [0.25, 0.3) is 10.8 Å². The van der Waals surface area contributed by atoms with E-state index in [0.717, 1.165) is 23.7 Å². The van der Waals surface area contributed by atoms with E-state index in [0.29, 0.717) is 5.89 Å². The second-order valence-electron chi connectivity index (χ2n) is 2.85. The summed E-state index contributed by atoms with van der Waals surface area (Å²) in [5.74, 6) is 1.37. The van der Waals surface area contributed by atoms with Gasteiger partial charge in [-0.3, -0.25) is 0 Å². The number of hydrogen-bond acceptors (Lipinski definition) is 5. The van der Waals surface area contributed by atoms with Gasteiger partial charge in [0.25, 0.3) is 5.89 Å². The fourth-order valence-electron chi connectivity index (χ4n) is 1.09. The molecule has 0 atom stereocenters. The number of nitrogens with zero attached hydrogens (tertiary/aromatic N) is 2. The first kappa shape index (κ1) is 9.36. The number of aromatic nitrogens is 2. The maximum Gasteiger partial charge on any atom is 0.267 e. The monoisotopic (exact) mass is 209 g/mol. The molecule has 2 heterocycles. The summed E-state index contributed by atoms with van der Waals surface area (Å²) < 4.78 is 5.13. The molecule has 0 amide bonds. The highest BCUT2D eigenvalue weighted by Gasteiger charge is 2.08. The maximum absolute atomic E-state index is 5.13. The van der Waals surface area contributed by atoms with Gasteiger partial charge in [-0.05, 0) is 18.5 Å². The molecular formula is C9H11N3OS. The van der Waals surface area contributed by atoms with Crippen molar-refractivity contribution >= 4 is 11.3 Å². The van der Waals surface area contributed by atoms with E-state index in [1.54, 1.807) is 11.3 Å². The molecule has 1 N–H and O–H groups in total. The summed E-state index contributed by atoms with van der Waals surface area (Å²) in [5, 5.41) is 8.92. The molecule has 2 aromatic heterocycles. The van der Waals surface area contributed by atoms with Gasteiger partial charge in [0.2, 0.25) is 0 Å². The van der Waals surface area contributed by atoms with Crippen molar-refractivity contribution in [3.8, 4) is 10.8 Å². The van der Waals surface area contributed by atoms with Crippen LogP contribution in [0.3, 0.4) is 0 Å². The minimum atomic E-state index is 0.617. The largest absolute Gasteiger partial charge is 0.333 e. The lowest BCUT2D eigenvalue weighted by Crippen LogP contribution is -2.10. The summed E-state index contributed by atoms with van der Waals surface area (Å²) in [5.41, 5.74) is 0. The highest BCUT2D eigenvalue weighted by atomic mass is 32.1. The van der Waals surface area contributed by atoms with Crippen LogP contribution in [0.5, 0.6) is 0 Å². The number of hydrogen-bond donors (Lipinski definition) is 1. The quantitative estimate of drug-likeness (QED) is 0.830. The summed E-state index contributed by atoms with van der Waals surface area (Å²) in [4.78, 5) is 5.30. The van der Waals surface area contributed by atoms with Crippen LogP contribution in [0.1, 0.15) is 5.82 Å². The lowest BCUT2D eigenvalue weighted by molar-refractivity contribution is 0.423. The average Bonchev–Trinajstić information content (AvgIpc) is 2.85. The zero-order valence-corrected chi connectivity index (χ0v) is 8.67. The Kier molecular flexibility index (Phi) is 2.90. The van der Waals surface area contributed by atoms with Gasteiger partial charge >= 0.3 is 0 Å². The maximum atomic E-state index is 5.13. The van der Waals surface area contributed by atoms with Gasteiger partial charge in [0.15, 0.2) is 5.82 Å². The zero-order valence-electron chi connectivity index (χ0n) is 7.86. The SMILES string of the molecule is CNCCc1noc(-c2cccs2)n1. The van der Waals surface area contributed by atoms with E-state index in [4.69, 9.17) is 4.52 Å². The van der Waals surface area contributed by atoms with Crippen molar-refractivity contribution in [1.29, 1.82) is 0 Å². The third-order valence-corrected chi connectivity index (χ3v) is 2.66. The molecule has 2 rings (SSSR count). The molecule has 0 radical (unpaired) electrons. The van der Waals surface area contributed by atoms with Gasteiger partial charge in [0.05, 0.1) is 4.88 Å². The minimum Gasteiger partial charge on any atom is -0.333 e. The molecule has 0 aliphatic rings. The van der Waals surface area contributed by atoms with Crippen molar-refractivity contribution < 1.29 is 4.52 Å². The molecule has 5 heteroatoms. The van der Waals surface area contributed by atoms with E-state index in [9.17, 15) is 0 Å². The third-order valence-electron chi connectivity index (χ3n) is 1.80. The Morgan fingerprint density at radius 1 is 1.57 bits per heavy atom. The first-order chi connectivity index (χ1) is 6.90. The molecule has 2 aromatic rings. The van der Waals surface area contributed by atoms with Crippen LogP contribution in [-0.2, 0) is 6.42 Å². The van der Waals surface area contributed by atoms with Crippen molar-refractivity contribution in [2.75, 3.05) is 13.6 Å². The first-order valence-electron chi connectivity index (χ1n) is 4.41. The number of nitrogens with one attached hydrogen (secondary N) is 1. The molecule has 0 aromatic carbocycles. The van der Waals surface area contributed by atoms with Crippen molar-refractivity contribution in [1.82, 2.24) is 15.5 Å². The molecule has 0 unspecified atom stereocenters. The van der Waals surface area contributed by atoms with Gasteiger partial charge in [0, 0.05) is 13.0 Å². The second-order valence-corrected chi connectivity index (χ2v) is 3.79. The smallest absolute Gasteiger partial charge is 0.267 e. The van der Waals surface area contributed by atoms with E-state index < -0.39 is 0 Å². The van der Waals surface area contributed by atoms with Crippen molar-refractivity contribution in [2.24, 2.45) is 0 Å². The summed E-state index contributed by atoms with van der Waals surface area (Å²) in [6.07, 6.45) is 0.797. The van der Waals surface area contributed by atoms with Gasteiger partial charge in [0.1, 0.15) is 0 Å². The Hall–Kier alpha value is -1.20. The predicted molar refractivity (Wildman–Crippen MR) is 55.2 cm³/mol. The second kappa shape index (κ2) is 4.34. The van der Waals surface area contributed by atoms with Crippen LogP contribution >= 0.6 is 11.3 Å². The van der Waals surface area contributed by atoms with Crippen molar-refractivity contribution in [3.05, 3.63) is 23.3 Å². The van der Waals surface area contributed by atoms with Crippen LogP contribution in [0.2, 0.25) is 0 Å². The van der Waals surface area contributed by atoms with Crippen LogP contribution in [-0.4, -0.2) is 23.7 Å². The van der Waals surface area contributed by atoms with Crippen LogP contribution in [0.4, 0.5) is 0 Å². The number of rotatable bonds is 4. The zero-order chi connectivity index (χ0) is 9.80. The lowest BCUT2D eigenvalue weighted by atomic mass is 10.4. The Balaban J connectivity index is 2.10. The topological polar surface area (TPSA) is 51.0 Å². The van der Waals surface area contributed by atoms with Crippen molar-refractivity contribution in [3.63, 3.8) is 0 Å². The minimum absolute atomic E-state index is 0.617. The van der Waals surface area contributed by atoms with Crippen LogP contribution in [0.15, 0.2) is 22.0 Å². The molecule has 74 valence electrons. The Morgan fingerprint density at radius 2 is 2.50 bits per heavy atom. The molecular weight excluding hydrogens is 198 g/mol. The Labute approximate surface area is 86.0 Å². The first-order valence-corrected chi connectivity index (χ1v) is 5.29. The standard InChI is InChI=1S/C9H11N3OS/c1-10-5-4-8-11-9(13-12-8)7-3-2-6-14-7/h2-3,6,10H,4-5H2,1H3. The highest BCUT2D eigenvalue weighted by Crippen LogP contribution is 2.22. The summed E-state index contributed by atoms with van der Waals surface area (Å²) in [7, 11) is 1.90. The van der Waals surface area contributed by atoms with Gasteiger partial charge in [-0.15, -0.1) is 11.3 Å². The Bertz CT molecular complexity index is 382. The molecule has 0 aliphatic carbocycles. The third kappa shape index (κ3) is 2.00. The molecule has 0 fully saturated rings. The van der Waals surface area contributed by atoms with E-state index in [1.165, 1.54) is 0 Å². The summed E-state index contributed by atoms with van der Waals surface area (Å²) in [6.45, 7) is 0.864.